The van der Waals surface area contributed by atoms with Gasteiger partial charge in [-0.05, 0) is 29.7 Å². The second kappa shape index (κ2) is 7.46. The number of aliphatic carboxylic acids is 1. The van der Waals surface area contributed by atoms with Crippen molar-refractivity contribution in [1.82, 2.24) is 9.80 Å². The lowest BCUT2D eigenvalue weighted by molar-refractivity contribution is -0.143. The predicted octanol–water partition coefficient (Wildman–Crippen LogP) is 1.08. The molecule has 1 fully saturated rings. The molecule has 0 bridgehead atoms. The zero-order valence-corrected chi connectivity index (χ0v) is 15.7. The summed E-state index contributed by atoms with van der Waals surface area (Å²) < 4.78 is 10.7. The molecule has 1 aromatic carbocycles. The first-order valence-electron chi connectivity index (χ1n) is 8.86. The quantitative estimate of drug-likeness (QED) is 0.826. The minimum atomic E-state index is -0.986. The molecular weight excluding hydrogens is 352 g/mol. The summed E-state index contributed by atoms with van der Waals surface area (Å²) in [7, 11) is 4.74. The Morgan fingerprint density at radius 2 is 1.89 bits per heavy atom. The van der Waals surface area contributed by atoms with Gasteiger partial charge in [0.1, 0.15) is 0 Å². The summed E-state index contributed by atoms with van der Waals surface area (Å²) in [4.78, 5) is 39.5. The van der Waals surface area contributed by atoms with E-state index in [-0.39, 0.29) is 24.7 Å². The Hall–Kier alpha value is -2.77. The fraction of sp³-hybridized carbons (Fsp3) is 0.526. The number of methoxy groups -OCH3 is 2. The number of nitrogens with zero attached hydrogens (tertiary/aromatic N) is 2. The summed E-state index contributed by atoms with van der Waals surface area (Å²) in [5.41, 5.74) is 1.70. The summed E-state index contributed by atoms with van der Waals surface area (Å²) in [6.45, 7) is 0.778. The van der Waals surface area contributed by atoms with E-state index >= 15 is 0 Å². The summed E-state index contributed by atoms with van der Waals surface area (Å²) >= 11 is 0. The van der Waals surface area contributed by atoms with Crippen molar-refractivity contribution in [2.45, 2.75) is 25.3 Å². The molecule has 0 spiro atoms. The third-order valence-corrected chi connectivity index (χ3v) is 5.34. The monoisotopic (exact) mass is 376 g/mol. The van der Waals surface area contributed by atoms with Crippen molar-refractivity contribution in [2.24, 2.45) is 5.92 Å². The van der Waals surface area contributed by atoms with Crippen molar-refractivity contribution >= 4 is 17.8 Å². The van der Waals surface area contributed by atoms with Crippen LogP contribution in [0.25, 0.3) is 0 Å². The Morgan fingerprint density at radius 3 is 2.44 bits per heavy atom. The van der Waals surface area contributed by atoms with Crippen molar-refractivity contribution in [3.63, 3.8) is 0 Å². The van der Waals surface area contributed by atoms with Crippen LogP contribution >= 0.6 is 0 Å². The molecule has 2 unspecified atom stereocenters. The van der Waals surface area contributed by atoms with E-state index in [9.17, 15) is 19.5 Å². The highest BCUT2D eigenvalue weighted by Gasteiger charge is 2.40. The first-order valence-corrected chi connectivity index (χ1v) is 8.86. The molecule has 2 amide bonds. The first kappa shape index (κ1) is 19.0. The number of ether oxygens (including phenoxy) is 2. The fourth-order valence-electron chi connectivity index (χ4n) is 3.94. The van der Waals surface area contributed by atoms with Crippen LogP contribution in [-0.4, -0.2) is 67.0 Å². The van der Waals surface area contributed by atoms with Crippen LogP contribution in [0.2, 0.25) is 0 Å². The van der Waals surface area contributed by atoms with Gasteiger partial charge in [0, 0.05) is 26.6 Å². The molecule has 0 radical (unpaired) electrons. The molecule has 27 heavy (non-hydrogen) atoms. The molecule has 1 N–H and O–H groups in total. The van der Waals surface area contributed by atoms with Gasteiger partial charge in [-0.2, -0.15) is 0 Å². The minimum Gasteiger partial charge on any atom is -0.493 e. The molecule has 2 aliphatic heterocycles. The molecule has 8 nitrogen and oxygen atoms in total. The van der Waals surface area contributed by atoms with Crippen molar-refractivity contribution in [3.8, 4) is 11.5 Å². The summed E-state index contributed by atoms with van der Waals surface area (Å²) in [6, 6.07) is 3.00. The van der Waals surface area contributed by atoms with E-state index in [2.05, 4.69) is 0 Å². The largest absolute Gasteiger partial charge is 0.493 e. The Morgan fingerprint density at radius 1 is 1.22 bits per heavy atom. The molecule has 2 heterocycles. The fourth-order valence-corrected chi connectivity index (χ4v) is 3.94. The maximum absolute atomic E-state index is 13.1. The second-order valence-corrected chi connectivity index (χ2v) is 6.98. The Bertz CT molecular complexity index is 778. The molecule has 1 aromatic rings. The van der Waals surface area contributed by atoms with Crippen LogP contribution in [0.5, 0.6) is 11.5 Å². The van der Waals surface area contributed by atoms with Crippen LogP contribution in [0.3, 0.4) is 0 Å². The smallest absolute Gasteiger partial charge is 0.305 e. The summed E-state index contributed by atoms with van der Waals surface area (Å²) in [5, 5.41) is 9.41. The van der Waals surface area contributed by atoms with Gasteiger partial charge in [0.25, 0.3) is 0 Å². The molecule has 2 aliphatic rings. The van der Waals surface area contributed by atoms with Crippen LogP contribution in [0.4, 0.5) is 0 Å². The van der Waals surface area contributed by atoms with Crippen molar-refractivity contribution in [3.05, 3.63) is 23.3 Å². The standard InChI is InChI=1S/C19H24N2O6/c1-20-10-12(7-17(20)22)19(25)21-5-4-11-6-15(26-2)16(27-3)8-13(11)14(21)9-18(23)24/h6,8,12,14H,4-5,7,9-10H2,1-3H3,(H,23,24). The number of benzene rings is 1. The number of carboxylic acid groups (broad SMARTS) is 1. The number of fused-ring (bicyclic) bond motifs is 1. The summed E-state index contributed by atoms with van der Waals surface area (Å²) in [5.74, 6) is -0.572. The normalized spacial score (nSPS) is 21.8. The average Bonchev–Trinajstić information content (AvgIpc) is 2.98. The minimum absolute atomic E-state index is 0.0630. The molecule has 0 saturated carbocycles. The third kappa shape index (κ3) is 3.56. The molecule has 0 aliphatic carbocycles. The number of carbonyl (C=O) groups excluding carboxylic acids is 2. The van der Waals surface area contributed by atoms with E-state index < -0.39 is 17.9 Å². The van der Waals surface area contributed by atoms with Crippen molar-refractivity contribution in [2.75, 3.05) is 34.4 Å². The van der Waals surface area contributed by atoms with E-state index in [1.54, 1.807) is 30.0 Å². The Labute approximate surface area is 157 Å². The van der Waals surface area contributed by atoms with Gasteiger partial charge in [-0.25, -0.2) is 0 Å². The molecule has 1 saturated heterocycles. The van der Waals surface area contributed by atoms with Crippen LogP contribution in [-0.2, 0) is 20.8 Å². The third-order valence-electron chi connectivity index (χ3n) is 5.34. The van der Waals surface area contributed by atoms with Gasteiger partial charge in [0.15, 0.2) is 11.5 Å². The van der Waals surface area contributed by atoms with Gasteiger partial charge in [-0.15, -0.1) is 0 Å². The van der Waals surface area contributed by atoms with Crippen LogP contribution < -0.4 is 9.47 Å². The highest BCUT2D eigenvalue weighted by Crippen LogP contribution is 2.40. The van der Waals surface area contributed by atoms with Gasteiger partial charge in [0.2, 0.25) is 11.8 Å². The number of rotatable bonds is 5. The molecule has 146 valence electrons. The molecular formula is C19H24N2O6. The van der Waals surface area contributed by atoms with Gasteiger partial charge in [-0.3, -0.25) is 14.4 Å². The lowest BCUT2D eigenvalue weighted by Gasteiger charge is -2.38. The van der Waals surface area contributed by atoms with Crippen LogP contribution in [0, 0.1) is 5.92 Å². The Kier molecular flexibility index (Phi) is 5.25. The average molecular weight is 376 g/mol. The highest BCUT2D eigenvalue weighted by atomic mass is 16.5. The van der Waals surface area contributed by atoms with E-state index in [1.807, 2.05) is 6.07 Å². The van der Waals surface area contributed by atoms with E-state index in [1.165, 1.54) is 7.11 Å². The van der Waals surface area contributed by atoms with E-state index in [4.69, 9.17) is 9.47 Å². The van der Waals surface area contributed by atoms with Crippen LogP contribution in [0.15, 0.2) is 12.1 Å². The maximum atomic E-state index is 13.1. The van der Waals surface area contributed by atoms with Gasteiger partial charge in [-0.1, -0.05) is 0 Å². The van der Waals surface area contributed by atoms with Crippen molar-refractivity contribution in [1.29, 1.82) is 0 Å². The van der Waals surface area contributed by atoms with Gasteiger partial charge >= 0.3 is 5.97 Å². The second-order valence-electron chi connectivity index (χ2n) is 6.98. The van der Waals surface area contributed by atoms with Crippen LogP contribution in [0.1, 0.15) is 30.0 Å². The number of hydrogen-bond acceptors (Lipinski definition) is 5. The first-order chi connectivity index (χ1) is 12.8. The molecule has 2 atom stereocenters. The predicted molar refractivity (Wildman–Crippen MR) is 95.7 cm³/mol. The Balaban J connectivity index is 1.96. The highest BCUT2D eigenvalue weighted by molar-refractivity contribution is 5.89. The zero-order valence-electron chi connectivity index (χ0n) is 15.7. The lowest BCUT2D eigenvalue weighted by Crippen LogP contribution is -2.44. The molecule has 3 rings (SSSR count). The van der Waals surface area contributed by atoms with Gasteiger partial charge < -0.3 is 24.4 Å². The number of hydrogen-bond donors (Lipinski definition) is 1. The van der Waals surface area contributed by atoms with Crippen molar-refractivity contribution < 1.29 is 29.0 Å². The lowest BCUT2D eigenvalue weighted by atomic mass is 9.89. The summed E-state index contributed by atoms with van der Waals surface area (Å²) in [6.07, 6.45) is 0.559. The maximum Gasteiger partial charge on any atom is 0.305 e. The molecule has 0 aromatic heterocycles. The van der Waals surface area contributed by atoms with E-state index in [0.29, 0.717) is 31.0 Å². The number of carbonyl (C=O) groups is 3. The zero-order chi connectivity index (χ0) is 19.7. The molecule has 8 heteroatoms. The van der Waals surface area contributed by atoms with Gasteiger partial charge in [0.05, 0.1) is 32.6 Å². The SMILES string of the molecule is COc1cc2c(cc1OC)C(CC(=O)O)N(C(=O)C1CC(=O)N(C)C1)CC2. The van der Waals surface area contributed by atoms with E-state index in [0.717, 1.165) is 11.1 Å². The number of likely N-dealkylation sites (tertiary alicyclic amines) is 1. The topological polar surface area (TPSA) is 96.4 Å². The number of carboxylic acids is 1. The number of amides is 2.